The minimum absolute atomic E-state index is 0.00945. The lowest BCUT2D eigenvalue weighted by atomic mass is 9.95. The number of Topliss-reactive ketones (excluding diaryl/α,β-unsaturated/α-hetero) is 1. The Morgan fingerprint density at radius 2 is 1.77 bits per heavy atom. The van der Waals surface area contributed by atoms with Gasteiger partial charge in [-0.05, 0) is 49.2 Å². The number of hydrogen-bond acceptors (Lipinski definition) is 9. The van der Waals surface area contributed by atoms with Crippen molar-refractivity contribution in [1.29, 1.82) is 0 Å². The molecule has 9 nitrogen and oxygen atoms in total. The summed E-state index contributed by atoms with van der Waals surface area (Å²) in [6.45, 7) is 7.79. The maximum atomic E-state index is 13.6. The number of nitrogens with zero attached hydrogens (tertiary/aromatic N) is 2. The lowest BCUT2D eigenvalue weighted by Crippen LogP contribution is -2.29. The molecular formula is C34H30N2O7S. The molecule has 1 amide bonds. The summed E-state index contributed by atoms with van der Waals surface area (Å²) in [4.78, 5) is 45.7. The highest BCUT2D eigenvalue weighted by Gasteiger charge is 2.48. The first-order valence-electron chi connectivity index (χ1n) is 13.9. The number of aliphatic hydroxyl groups is 1. The molecule has 1 unspecified atom stereocenters. The average molecular weight is 611 g/mol. The molecule has 4 aromatic rings. The number of aromatic nitrogens is 1. The molecule has 1 saturated heterocycles. The summed E-state index contributed by atoms with van der Waals surface area (Å²) in [6.07, 6.45) is 1.45. The number of aliphatic hydroxyl groups excluding tert-OH is 1. The maximum absolute atomic E-state index is 13.6. The van der Waals surface area contributed by atoms with Crippen molar-refractivity contribution in [1.82, 2.24) is 4.98 Å². The van der Waals surface area contributed by atoms with Crippen molar-refractivity contribution in [3.8, 4) is 11.5 Å². The third-order valence-corrected chi connectivity index (χ3v) is 7.95. The van der Waals surface area contributed by atoms with Crippen LogP contribution in [0.3, 0.4) is 0 Å². The molecule has 10 heteroatoms. The Morgan fingerprint density at radius 3 is 2.48 bits per heavy atom. The highest BCUT2D eigenvalue weighted by atomic mass is 32.1. The third kappa shape index (κ3) is 6.25. The number of ether oxygens (including phenoxy) is 3. The van der Waals surface area contributed by atoms with E-state index in [9.17, 15) is 19.5 Å². The highest BCUT2D eigenvalue weighted by molar-refractivity contribution is 7.17. The molecule has 0 radical (unpaired) electrons. The molecule has 1 aromatic heterocycles. The number of benzene rings is 3. The standard InChI is InChI=1S/C34H30N2O7S/c1-4-18-42-33(40)31-21(3)35-34(44-31)36-28(23-14-16-25(17-15-23)43-20-22-10-7-6-8-11-22)27(30(38)32(36)39)29(37)24-12-9-13-26(19-24)41-5-2/h4,6-17,19,28,37H,1,5,18,20H2,2-3H3/b29-27+. The predicted octanol–water partition coefficient (Wildman–Crippen LogP) is 6.40. The molecule has 1 fully saturated rings. The summed E-state index contributed by atoms with van der Waals surface area (Å²) < 4.78 is 16.7. The monoisotopic (exact) mass is 610 g/mol. The molecule has 224 valence electrons. The highest BCUT2D eigenvalue weighted by Crippen LogP contribution is 2.44. The number of amides is 1. The van der Waals surface area contributed by atoms with Crippen molar-refractivity contribution >= 4 is 39.9 Å². The Morgan fingerprint density at radius 1 is 1.02 bits per heavy atom. The fourth-order valence-corrected chi connectivity index (χ4v) is 5.75. The molecule has 1 atom stereocenters. The molecule has 3 aromatic carbocycles. The van der Waals surface area contributed by atoms with E-state index in [1.807, 2.05) is 37.3 Å². The van der Waals surface area contributed by atoms with E-state index < -0.39 is 23.7 Å². The number of thiazole rings is 1. The number of aryl methyl sites for hydroxylation is 1. The van der Waals surface area contributed by atoms with Crippen molar-refractivity contribution in [3.63, 3.8) is 0 Å². The average Bonchev–Trinajstić information content (AvgIpc) is 3.55. The van der Waals surface area contributed by atoms with Gasteiger partial charge in [0.15, 0.2) is 5.13 Å². The molecule has 2 heterocycles. The van der Waals surface area contributed by atoms with Gasteiger partial charge in [-0.3, -0.25) is 14.5 Å². The van der Waals surface area contributed by atoms with Gasteiger partial charge in [0.1, 0.15) is 35.3 Å². The summed E-state index contributed by atoms with van der Waals surface area (Å²) in [6, 6.07) is 22.2. The Hall–Kier alpha value is -5.22. The quantitative estimate of drug-likeness (QED) is 0.0682. The Labute approximate surface area is 258 Å². The summed E-state index contributed by atoms with van der Waals surface area (Å²) >= 11 is 0.931. The van der Waals surface area contributed by atoms with E-state index in [1.54, 1.807) is 55.5 Å². The molecular weight excluding hydrogens is 580 g/mol. The van der Waals surface area contributed by atoms with Crippen molar-refractivity contribution in [2.75, 3.05) is 18.1 Å². The first kappa shape index (κ1) is 30.2. The zero-order chi connectivity index (χ0) is 31.2. The molecule has 44 heavy (non-hydrogen) atoms. The molecule has 5 rings (SSSR count). The van der Waals surface area contributed by atoms with Gasteiger partial charge in [0.05, 0.1) is 23.9 Å². The number of carbonyl (C=O) groups is 3. The second-order valence-electron chi connectivity index (χ2n) is 9.77. The fourth-order valence-electron chi connectivity index (χ4n) is 4.76. The Balaban J connectivity index is 1.57. The van der Waals surface area contributed by atoms with Crippen LogP contribution in [0.2, 0.25) is 0 Å². The number of hydrogen-bond donors (Lipinski definition) is 1. The first-order valence-corrected chi connectivity index (χ1v) is 14.7. The fraction of sp³-hybridized carbons (Fsp3) is 0.176. The van der Waals surface area contributed by atoms with Gasteiger partial charge in [0.2, 0.25) is 0 Å². The zero-order valence-electron chi connectivity index (χ0n) is 24.2. The largest absolute Gasteiger partial charge is 0.507 e. The van der Waals surface area contributed by atoms with Gasteiger partial charge >= 0.3 is 11.9 Å². The van der Waals surface area contributed by atoms with Gasteiger partial charge in [-0.1, -0.05) is 78.6 Å². The molecule has 1 aliphatic heterocycles. The van der Waals surface area contributed by atoms with Crippen LogP contribution in [0.25, 0.3) is 5.76 Å². The minimum Gasteiger partial charge on any atom is -0.507 e. The molecule has 1 aliphatic rings. The molecule has 0 saturated carbocycles. The Kier molecular flexibility index (Phi) is 9.20. The van der Waals surface area contributed by atoms with Gasteiger partial charge in [-0.15, -0.1) is 0 Å². The lowest BCUT2D eigenvalue weighted by molar-refractivity contribution is -0.132. The summed E-state index contributed by atoms with van der Waals surface area (Å²) in [5, 5.41) is 11.6. The van der Waals surface area contributed by atoms with Crippen LogP contribution < -0.4 is 14.4 Å². The smallest absolute Gasteiger partial charge is 0.350 e. The van der Waals surface area contributed by atoms with E-state index in [1.165, 1.54) is 11.0 Å². The van der Waals surface area contributed by atoms with Gasteiger partial charge in [0.25, 0.3) is 5.78 Å². The number of ketones is 1. The number of carbonyl (C=O) groups excluding carboxylic acids is 3. The van der Waals surface area contributed by atoms with Crippen LogP contribution in [0.4, 0.5) is 5.13 Å². The summed E-state index contributed by atoms with van der Waals surface area (Å²) in [5.41, 5.74) is 2.06. The number of esters is 1. The van der Waals surface area contributed by atoms with E-state index in [0.717, 1.165) is 16.9 Å². The summed E-state index contributed by atoms with van der Waals surface area (Å²) in [5.74, 6) is -1.67. The van der Waals surface area contributed by atoms with Crippen LogP contribution in [0, 0.1) is 6.92 Å². The van der Waals surface area contributed by atoms with Crippen molar-refractivity contribution in [2.24, 2.45) is 0 Å². The zero-order valence-corrected chi connectivity index (χ0v) is 25.0. The normalized spacial score (nSPS) is 15.7. The van der Waals surface area contributed by atoms with E-state index >= 15 is 0 Å². The van der Waals surface area contributed by atoms with Gasteiger partial charge in [-0.2, -0.15) is 0 Å². The molecule has 1 N–H and O–H groups in total. The maximum Gasteiger partial charge on any atom is 0.350 e. The van der Waals surface area contributed by atoms with Crippen molar-refractivity contribution < 1.29 is 33.7 Å². The second-order valence-corrected chi connectivity index (χ2v) is 10.7. The van der Waals surface area contributed by atoms with E-state index in [2.05, 4.69) is 11.6 Å². The summed E-state index contributed by atoms with van der Waals surface area (Å²) in [7, 11) is 0. The second kappa shape index (κ2) is 13.4. The first-order chi connectivity index (χ1) is 21.3. The molecule has 0 aliphatic carbocycles. The van der Waals surface area contributed by atoms with Crippen LogP contribution in [-0.2, 0) is 20.9 Å². The molecule has 0 bridgehead atoms. The number of rotatable bonds is 11. The van der Waals surface area contributed by atoms with Crippen LogP contribution >= 0.6 is 11.3 Å². The minimum atomic E-state index is -1.04. The van der Waals surface area contributed by atoms with Crippen LogP contribution in [-0.4, -0.2) is 41.0 Å². The van der Waals surface area contributed by atoms with Gasteiger partial charge < -0.3 is 19.3 Å². The van der Waals surface area contributed by atoms with E-state index in [0.29, 0.717) is 41.5 Å². The van der Waals surface area contributed by atoms with Gasteiger partial charge in [-0.25, -0.2) is 9.78 Å². The molecule has 0 spiro atoms. The lowest BCUT2D eigenvalue weighted by Gasteiger charge is -2.23. The van der Waals surface area contributed by atoms with E-state index in [-0.39, 0.29) is 27.9 Å². The van der Waals surface area contributed by atoms with Gasteiger partial charge in [0, 0.05) is 5.56 Å². The van der Waals surface area contributed by atoms with Crippen molar-refractivity contribution in [2.45, 2.75) is 26.5 Å². The van der Waals surface area contributed by atoms with Crippen molar-refractivity contribution in [3.05, 3.63) is 124 Å². The van der Waals surface area contributed by atoms with Crippen LogP contribution in [0.5, 0.6) is 11.5 Å². The Bertz CT molecular complexity index is 1730. The van der Waals surface area contributed by atoms with E-state index in [4.69, 9.17) is 14.2 Å². The number of anilines is 1. The predicted molar refractivity (Wildman–Crippen MR) is 167 cm³/mol. The van der Waals surface area contributed by atoms with Crippen LogP contribution in [0.15, 0.2) is 97.1 Å². The van der Waals surface area contributed by atoms with Crippen LogP contribution in [0.1, 0.15) is 45.0 Å². The third-order valence-electron chi connectivity index (χ3n) is 6.82. The SMILES string of the molecule is C=CCOC(=O)c1sc(N2C(=O)C(=O)/C(=C(/O)c3cccc(OCC)c3)C2c2ccc(OCc3ccccc3)cc2)nc1C. The topological polar surface area (TPSA) is 115 Å².